The Balaban J connectivity index is 1.76. The number of nitrogens with zero attached hydrogens (tertiary/aromatic N) is 1. The molecule has 0 atom stereocenters. The highest BCUT2D eigenvalue weighted by atomic mass is 32.2. The lowest BCUT2D eigenvalue weighted by Gasteiger charge is -2.23. The van der Waals surface area contributed by atoms with Crippen LogP contribution in [0.5, 0.6) is 0 Å². The zero-order valence-electron chi connectivity index (χ0n) is 11.1. The van der Waals surface area contributed by atoms with Gasteiger partial charge in [-0.15, -0.1) is 0 Å². The molecule has 1 fully saturated rings. The minimum absolute atomic E-state index is 0.135. The number of carbonyl (C=O) groups excluding carboxylic acids is 3. The number of hydrogen-bond donors (Lipinski definition) is 0. The Morgan fingerprint density at radius 1 is 1.15 bits per heavy atom. The van der Waals surface area contributed by atoms with Crippen LogP contribution in [0.25, 0.3) is 0 Å². The van der Waals surface area contributed by atoms with Crippen LogP contribution in [0.3, 0.4) is 0 Å². The summed E-state index contributed by atoms with van der Waals surface area (Å²) >= 11 is 1.10. The summed E-state index contributed by atoms with van der Waals surface area (Å²) in [5.74, 6) is 0.105. The van der Waals surface area contributed by atoms with Crippen molar-refractivity contribution < 1.29 is 14.4 Å². The van der Waals surface area contributed by atoms with Crippen molar-refractivity contribution in [2.45, 2.75) is 25.7 Å². The molecule has 0 unspecified atom stereocenters. The summed E-state index contributed by atoms with van der Waals surface area (Å²) in [6.45, 7) is -0.135. The fourth-order valence-electron chi connectivity index (χ4n) is 2.67. The quantitative estimate of drug-likeness (QED) is 0.802. The molecule has 0 N–H and O–H groups in total. The molecule has 0 spiro atoms. The van der Waals surface area contributed by atoms with E-state index in [1.165, 1.54) is 11.1 Å². The Labute approximate surface area is 121 Å². The minimum atomic E-state index is -0.309. The molecule has 20 heavy (non-hydrogen) atoms. The van der Waals surface area contributed by atoms with Crippen molar-refractivity contribution in [2.75, 3.05) is 12.3 Å². The molecule has 1 heterocycles. The van der Waals surface area contributed by atoms with Crippen molar-refractivity contribution in [1.82, 2.24) is 4.90 Å². The predicted octanol–water partition coefficient (Wildman–Crippen LogP) is 2.44. The molecule has 5 heteroatoms. The molecule has 0 saturated carbocycles. The van der Waals surface area contributed by atoms with Crippen LogP contribution in [0.2, 0.25) is 0 Å². The largest absolute Gasteiger partial charge is 0.292 e. The maximum Gasteiger partial charge on any atom is 0.288 e. The Kier molecular flexibility index (Phi) is 3.61. The Morgan fingerprint density at radius 2 is 1.95 bits per heavy atom. The first kappa shape index (κ1) is 13.4. The standard InChI is InChI=1S/C15H15NO3S/c17-13(9-16-14(18)6-7-20-15(16)19)12-5-4-10-2-1-3-11(10)8-12/h4-5,8H,1-3,6-7,9H2. The molecule has 2 amide bonds. The molecule has 0 bridgehead atoms. The SMILES string of the molecule is O=C(CN1C(=O)CCSC1=O)c1ccc2c(c1)CCC2. The summed E-state index contributed by atoms with van der Waals surface area (Å²) in [6, 6.07) is 5.71. The normalized spacial score (nSPS) is 18.3. The first-order valence-corrected chi connectivity index (χ1v) is 7.76. The monoisotopic (exact) mass is 289 g/mol. The van der Waals surface area contributed by atoms with E-state index in [0.717, 1.165) is 35.9 Å². The molecule has 1 aliphatic carbocycles. The highest BCUT2D eigenvalue weighted by Crippen LogP contribution is 2.24. The topological polar surface area (TPSA) is 54.5 Å². The van der Waals surface area contributed by atoms with E-state index in [9.17, 15) is 14.4 Å². The van der Waals surface area contributed by atoms with E-state index in [-0.39, 0.29) is 23.5 Å². The van der Waals surface area contributed by atoms with Gasteiger partial charge in [-0.05, 0) is 36.5 Å². The van der Waals surface area contributed by atoms with Crippen LogP contribution in [0.1, 0.15) is 34.3 Å². The summed E-state index contributed by atoms with van der Waals surface area (Å²) < 4.78 is 0. The van der Waals surface area contributed by atoms with Gasteiger partial charge in [0.25, 0.3) is 5.24 Å². The summed E-state index contributed by atoms with van der Waals surface area (Å²) in [7, 11) is 0. The molecule has 0 radical (unpaired) electrons. The number of benzene rings is 1. The highest BCUT2D eigenvalue weighted by Gasteiger charge is 2.29. The molecule has 104 valence electrons. The molecule has 1 saturated heterocycles. The maximum atomic E-state index is 12.2. The highest BCUT2D eigenvalue weighted by molar-refractivity contribution is 8.13. The lowest BCUT2D eigenvalue weighted by molar-refractivity contribution is -0.127. The second-order valence-electron chi connectivity index (χ2n) is 5.10. The van der Waals surface area contributed by atoms with Crippen LogP contribution >= 0.6 is 11.8 Å². The van der Waals surface area contributed by atoms with E-state index in [0.29, 0.717) is 17.7 Å². The van der Waals surface area contributed by atoms with Gasteiger partial charge < -0.3 is 0 Å². The van der Waals surface area contributed by atoms with Gasteiger partial charge in [0.2, 0.25) is 5.91 Å². The molecule has 0 aromatic heterocycles. The summed E-state index contributed by atoms with van der Waals surface area (Å²) in [5, 5.41) is -0.309. The van der Waals surface area contributed by atoms with E-state index in [4.69, 9.17) is 0 Å². The van der Waals surface area contributed by atoms with Gasteiger partial charge in [-0.25, -0.2) is 0 Å². The average Bonchev–Trinajstić information content (AvgIpc) is 2.90. The zero-order chi connectivity index (χ0) is 14.1. The van der Waals surface area contributed by atoms with E-state index in [1.54, 1.807) is 6.07 Å². The Morgan fingerprint density at radius 3 is 2.75 bits per heavy atom. The number of ketones is 1. The number of amides is 2. The van der Waals surface area contributed by atoms with Crippen LogP contribution in [0.15, 0.2) is 18.2 Å². The molecular formula is C15H15NO3S. The lowest BCUT2D eigenvalue weighted by Crippen LogP contribution is -2.41. The zero-order valence-corrected chi connectivity index (χ0v) is 11.9. The van der Waals surface area contributed by atoms with Crippen LogP contribution in [0.4, 0.5) is 4.79 Å². The first-order chi connectivity index (χ1) is 9.65. The van der Waals surface area contributed by atoms with E-state index in [2.05, 4.69) is 0 Å². The van der Waals surface area contributed by atoms with Gasteiger partial charge in [0.1, 0.15) is 0 Å². The number of hydrogen-bond acceptors (Lipinski definition) is 4. The third kappa shape index (κ3) is 2.50. The molecule has 1 aromatic carbocycles. The molecule has 2 aliphatic rings. The van der Waals surface area contributed by atoms with Crippen molar-refractivity contribution >= 4 is 28.7 Å². The van der Waals surface area contributed by atoms with Gasteiger partial charge in [0.15, 0.2) is 5.78 Å². The smallest absolute Gasteiger partial charge is 0.288 e. The molecule has 1 aliphatic heterocycles. The van der Waals surface area contributed by atoms with E-state index < -0.39 is 0 Å². The third-order valence-corrected chi connectivity index (χ3v) is 4.66. The minimum Gasteiger partial charge on any atom is -0.292 e. The van der Waals surface area contributed by atoms with Gasteiger partial charge in [0.05, 0.1) is 6.54 Å². The number of Topliss-reactive ketones (excluding diaryl/α,β-unsaturated/α-hetero) is 1. The fraction of sp³-hybridized carbons (Fsp3) is 0.400. The number of imide groups is 1. The summed E-state index contributed by atoms with van der Waals surface area (Å²) in [4.78, 5) is 36.7. The van der Waals surface area contributed by atoms with Crippen LogP contribution < -0.4 is 0 Å². The average molecular weight is 289 g/mol. The van der Waals surface area contributed by atoms with E-state index in [1.807, 2.05) is 12.1 Å². The third-order valence-electron chi connectivity index (χ3n) is 3.79. The summed E-state index contributed by atoms with van der Waals surface area (Å²) in [6.07, 6.45) is 3.54. The molecule has 3 rings (SSSR count). The van der Waals surface area contributed by atoms with Crippen LogP contribution in [-0.2, 0) is 17.6 Å². The Bertz CT molecular complexity index is 581. The molecule has 1 aromatic rings. The van der Waals surface area contributed by atoms with Crippen molar-refractivity contribution in [3.63, 3.8) is 0 Å². The number of aryl methyl sites for hydroxylation is 2. The van der Waals surface area contributed by atoms with Crippen LogP contribution in [-0.4, -0.2) is 34.1 Å². The van der Waals surface area contributed by atoms with Crippen molar-refractivity contribution in [3.05, 3.63) is 34.9 Å². The number of rotatable bonds is 3. The van der Waals surface area contributed by atoms with E-state index >= 15 is 0 Å². The first-order valence-electron chi connectivity index (χ1n) is 6.77. The van der Waals surface area contributed by atoms with Crippen molar-refractivity contribution in [1.29, 1.82) is 0 Å². The number of thioether (sulfide) groups is 1. The van der Waals surface area contributed by atoms with Crippen molar-refractivity contribution in [2.24, 2.45) is 0 Å². The van der Waals surface area contributed by atoms with Gasteiger partial charge in [-0.1, -0.05) is 23.9 Å². The molecular weight excluding hydrogens is 274 g/mol. The molecule has 4 nitrogen and oxygen atoms in total. The van der Waals surface area contributed by atoms with Gasteiger partial charge >= 0.3 is 0 Å². The van der Waals surface area contributed by atoms with Crippen LogP contribution in [0, 0.1) is 0 Å². The second kappa shape index (κ2) is 5.40. The van der Waals surface area contributed by atoms with Gasteiger partial charge in [-0.3, -0.25) is 19.3 Å². The predicted molar refractivity (Wildman–Crippen MR) is 77.0 cm³/mol. The maximum absolute atomic E-state index is 12.2. The van der Waals surface area contributed by atoms with Crippen molar-refractivity contribution in [3.8, 4) is 0 Å². The Hall–Kier alpha value is -1.62. The lowest BCUT2D eigenvalue weighted by atomic mass is 10.0. The summed E-state index contributed by atoms with van der Waals surface area (Å²) in [5.41, 5.74) is 3.13. The fourth-order valence-corrected chi connectivity index (χ4v) is 3.45. The second-order valence-corrected chi connectivity index (χ2v) is 6.15. The number of fused-ring (bicyclic) bond motifs is 1. The van der Waals surface area contributed by atoms with Gasteiger partial charge in [-0.2, -0.15) is 0 Å². The van der Waals surface area contributed by atoms with Gasteiger partial charge in [0, 0.05) is 17.7 Å². The number of carbonyl (C=O) groups is 3.